The van der Waals surface area contributed by atoms with Gasteiger partial charge in [0.25, 0.3) is 0 Å². The van der Waals surface area contributed by atoms with Crippen LogP contribution in [0.4, 0.5) is 0 Å². The zero-order chi connectivity index (χ0) is 14.0. The van der Waals surface area contributed by atoms with Gasteiger partial charge in [-0.2, -0.15) is 0 Å². The molecule has 1 aliphatic rings. The fraction of sp³-hybridized carbons (Fsp3) is 0.571. The maximum atomic E-state index is 6.38. The summed E-state index contributed by atoms with van der Waals surface area (Å²) in [6, 6.07) is 4.12. The number of hydrogen-bond acceptors (Lipinski definition) is 4. The van der Waals surface area contributed by atoms with Gasteiger partial charge in [-0.1, -0.05) is 24.6 Å². The van der Waals surface area contributed by atoms with E-state index >= 15 is 0 Å². The summed E-state index contributed by atoms with van der Waals surface area (Å²) in [5, 5.41) is 0.620. The van der Waals surface area contributed by atoms with Crippen LogP contribution in [0.3, 0.4) is 0 Å². The molecule has 1 heterocycles. The Morgan fingerprint density at radius 3 is 2.50 bits per heavy atom. The molecule has 1 fully saturated rings. The van der Waals surface area contributed by atoms with Gasteiger partial charge >= 0.3 is 0 Å². The van der Waals surface area contributed by atoms with E-state index < -0.39 is 0 Å². The molecular weight excluding hydrogens is 299 g/mol. The second-order valence-electron chi connectivity index (χ2n) is 5.11. The predicted molar refractivity (Wildman–Crippen MR) is 84.2 cm³/mol. The molecule has 0 bridgehead atoms. The van der Waals surface area contributed by atoms with Gasteiger partial charge in [-0.3, -0.25) is 4.90 Å². The molecule has 2 N–H and O–H groups in total. The SMILES string of the molecule is COc1ccc(CN2CC(C)C(N)C2)c(Cl)c1OC.Cl. The third-order valence-electron chi connectivity index (χ3n) is 3.71. The van der Waals surface area contributed by atoms with Crippen LogP contribution in [0.5, 0.6) is 11.5 Å². The predicted octanol–water partition coefficient (Wildman–Crippen LogP) is 2.56. The molecule has 0 saturated carbocycles. The molecule has 0 aliphatic carbocycles. The first-order valence-corrected chi connectivity index (χ1v) is 6.82. The van der Waals surface area contributed by atoms with Crippen molar-refractivity contribution in [3.05, 3.63) is 22.7 Å². The monoisotopic (exact) mass is 320 g/mol. The molecule has 1 saturated heterocycles. The Morgan fingerprint density at radius 2 is 2.00 bits per heavy atom. The van der Waals surface area contributed by atoms with E-state index in [0.29, 0.717) is 22.4 Å². The lowest BCUT2D eigenvalue weighted by atomic mass is 10.1. The second kappa shape index (κ2) is 7.36. The topological polar surface area (TPSA) is 47.7 Å². The second-order valence-corrected chi connectivity index (χ2v) is 5.49. The van der Waals surface area contributed by atoms with Gasteiger partial charge in [0.15, 0.2) is 11.5 Å². The van der Waals surface area contributed by atoms with Crippen molar-refractivity contribution in [1.29, 1.82) is 0 Å². The summed E-state index contributed by atoms with van der Waals surface area (Å²) in [6.07, 6.45) is 0. The lowest BCUT2D eigenvalue weighted by Crippen LogP contribution is -2.28. The number of nitrogens with zero attached hydrogens (tertiary/aromatic N) is 1. The average molecular weight is 321 g/mol. The number of halogens is 2. The molecule has 0 spiro atoms. The molecule has 2 atom stereocenters. The Kier molecular flexibility index (Phi) is 6.40. The third kappa shape index (κ3) is 3.50. The van der Waals surface area contributed by atoms with E-state index in [2.05, 4.69) is 11.8 Å². The van der Waals surface area contributed by atoms with E-state index in [1.165, 1.54) is 0 Å². The molecule has 114 valence electrons. The van der Waals surface area contributed by atoms with E-state index in [0.717, 1.165) is 25.2 Å². The number of hydrogen-bond donors (Lipinski definition) is 1. The molecule has 2 rings (SSSR count). The maximum Gasteiger partial charge on any atom is 0.179 e. The fourth-order valence-corrected chi connectivity index (χ4v) is 2.81. The van der Waals surface area contributed by atoms with Gasteiger partial charge in [0.2, 0.25) is 0 Å². The van der Waals surface area contributed by atoms with Crippen molar-refractivity contribution >= 4 is 24.0 Å². The van der Waals surface area contributed by atoms with Gasteiger partial charge in [0, 0.05) is 25.7 Å². The van der Waals surface area contributed by atoms with Crippen molar-refractivity contribution in [2.24, 2.45) is 11.7 Å². The number of nitrogens with two attached hydrogens (primary N) is 1. The summed E-state index contributed by atoms with van der Waals surface area (Å²) in [5.74, 6) is 1.78. The first-order chi connectivity index (χ1) is 9.06. The molecule has 1 aromatic rings. The Labute approximate surface area is 131 Å². The molecule has 0 aromatic heterocycles. The average Bonchev–Trinajstić information content (AvgIpc) is 2.70. The summed E-state index contributed by atoms with van der Waals surface area (Å²) in [5.41, 5.74) is 7.08. The Hall–Kier alpha value is -0.680. The molecule has 0 radical (unpaired) electrons. The number of likely N-dealkylation sites (tertiary alicyclic amines) is 1. The molecular formula is C14H22Cl2N2O2. The summed E-state index contributed by atoms with van der Waals surface area (Å²) in [6.45, 7) is 4.88. The van der Waals surface area contributed by atoms with E-state index in [9.17, 15) is 0 Å². The number of rotatable bonds is 4. The number of methoxy groups -OCH3 is 2. The Morgan fingerprint density at radius 1 is 1.30 bits per heavy atom. The fourth-order valence-electron chi connectivity index (χ4n) is 2.52. The van der Waals surface area contributed by atoms with Gasteiger partial charge in [-0.05, 0) is 17.5 Å². The molecule has 1 aliphatic heterocycles. The largest absolute Gasteiger partial charge is 0.493 e. The lowest BCUT2D eigenvalue weighted by molar-refractivity contribution is 0.316. The van der Waals surface area contributed by atoms with Gasteiger partial charge in [0.05, 0.1) is 19.2 Å². The standard InChI is InChI=1S/C14H21ClN2O2.ClH/c1-9-6-17(8-11(9)16)7-10-4-5-12(18-2)14(19-3)13(10)15;/h4-5,9,11H,6-8,16H2,1-3H3;1H. The van der Waals surface area contributed by atoms with Crippen LogP contribution in [-0.4, -0.2) is 38.3 Å². The molecule has 1 aromatic carbocycles. The first kappa shape index (κ1) is 17.4. The minimum absolute atomic E-state index is 0. The van der Waals surface area contributed by atoms with Gasteiger partial charge < -0.3 is 15.2 Å². The quantitative estimate of drug-likeness (QED) is 0.926. The highest BCUT2D eigenvalue weighted by atomic mass is 35.5. The van der Waals surface area contributed by atoms with Crippen LogP contribution in [0.15, 0.2) is 12.1 Å². The van der Waals surface area contributed by atoms with E-state index in [1.54, 1.807) is 14.2 Å². The van der Waals surface area contributed by atoms with Gasteiger partial charge in [0.1, 0.15) is 0 Å². The highest BCUT2D eigenvalue weighted by Gasteiger charge is 2.27. The van der Waals surface area contributed by atoms with Crippen LogP contribution in [-0.2, 0) is 6.54 Å². The van der Waals surface area contributed by atoms with Gasteiger partial charge in [-0.25, -0.2) is 0 Å². The van der Waals surface area contributed by atoms with Crippen molar-refractivity contribution in [3.8, 4) is 11.5 Å². The Balaban J connectivity index is 0.00000200. The van der Waals surface area contributed by atoms with Crippen molar-refractivity contribution in [1.82, 2.24) is 4.90 Å². The number of benzene rings is 1. The Bertz CT molecular complexity index is 447. The van der Waals surface area contributed by atoms with E-state index in [1.807, 2.05) is 12.1 Å². The van der Waals surface area contributed by atoms with Crippen molar-refractivity contribution in [3.63, 3.8) is 0 Å². The molecule has 0 amide bonds. The minimum Gasteiger partial charge on any atom is -0.493 e. The lowest BCUT2D eigenvalue weighted by Gasteiger charge is -2.18. The highest BCUT2D eigenvalue weighted by molar-refractivity contribution is 6.33. The third-order valence-corrected chi connectivity index (χ3v) is 4.12. The van der Waals surface area contributed by atoms with Crippen LogP contribution < -0.4 is 15.2 Å². The summed E-state index contributed by atoms with van der Waals surface area (Å²) in [7, 11) is 3.20. The van der Waals surface area contributed by atoms with Gasteiger partial charge in [-0.15, -0.1) is 12.4 Å². The molecule has 4 nitrogen and oxygen atoms in total. The first-order valence-electron chi connectivity index (χ1n) is 6.44. The minimum atomic E-state index is 0. The highest BCUT2D eigenvalue weighted by Crippen LogP contribution is 2.38. The van der Waals surface area contributed by atoms with Crippen LogP contribution in [0.25, 0.3) is 0 Å². The van der Waals surface area contributed by atoms with Crippen LogP contribution in [0.1, 0.15) is 12.5 Å². The molecule has 20 heavy (non-hydrogen) atoms. The van der Waals surface area contributed by atoms with Crippen molar-refractivity contribution in [2.75, 3.05) is 27.3 Å². The molecule has 6 heteroatoms. The normalized spacial score (nSPS) is 22.4. The van der Waals surface area contributed by atoms with E-state index in [-0.39, 0.29) is 18.4 Å². The number of ether oxygens (including phenoxy) is 2. The van der Waals surface area contributed by atoms with Crippen LogP contribution in [0, 0.1) is 5.92 Å². The maximum absolute atomic E-state index is 6.38. The van der Waals surface area contributed by atoms with E-state index in [4.69, 9.17) is 26.8 Å². The zero-order valence-corrected chi connectivity index (χ0v) is 13.6. The van der Waals surface area contributed by atoms with Crippen molar-refractivity contribution < 1.29 is 9.47 Å². The zero-order valence-electron chi connectivity index (χ0n) is 12.1. The van der Waals surface area contributed by atoms with Crippen LogP contribution in [0.2, 0.25) is 5.02 Å². The smallest absolute Gasteiger partial charge is 0.179 e. The summed E-state index contributed by atoms with van der Waals surface area (Å²) < 4.78 is 10.5. The summed E-state index contributed by atoms with van der Waals surface area (Å²) in [4.78, 5) is 2.32. The van der Waals surface area contributed by atoms with Crippen molar-refractivity contribution in [2.45, 2.75) is 19.5 Å². The molecule has 2 unspecified atom stereocenters. The summed E-state index contributed by atoms with van der Waals surface area (Å²) >= 11 is 6.38. The van der Waals surface area contributed by atoms with Crippen LogP contribution >= 0.6 is 24.0 Å².